The molecule has 0 spiro atoms. The SMILES string of the molecule is CCCC(CC)n1c(CC)n[nH]c1=S. The van der Waals surface area contributed by atoms with Crippen molar-refractivity contribution in [1.29, 1.82) is 0 Å². The fraction of sp³-hybridized carbons (Fsp3) is 0.800. The zero-order valence-electron chi connectivity index (χ0n) is 9.21. The van der Waals surface area contributed by atoms with E-state index in [4.69, 9.17) is 12.2 Å². The number of nitrogens with one attached hydrogen (secondary N) is 1. The predicted molar refractivity (Wildman–Crippen MR) is 61.0 cm³/mol. The summed E-state index contributed by atoms with van der Waals surface area (Å²) in [7, 11) is 0. The van der Waals surface area contributed by atoms with Crippen molar-refractivity contribution >= 4 is 12.2 Å². The fourth-order valence-electron chi connectivity index (χ4n) is 1.81. The molecule has 0 aliphatic heterocycles. The van der Waals surface area contributed by atoms with Crippen molar-refractivity contribution in [3.8, 4) is 0 Å². The maximum Gasteiger partial charge on any atom is 0.195 e. The molecular formula is C10H19N3S. The number of H-pyrrole nitrogens is 1. The van der Waals surface area contributed by atoms with Gasteiger partial charge in [0.2, 0.25) is 0 Å². The third-order valence-corrected chi connectivity index (χ3v) is 2.84. The summed E-state index contributed by atoms with van der Waals surface area (Å²) in [6.07, 6.45) is 4.42. The first-order chi connectivity index (χ1) is 6.74. The van der Waals surface area contributed by atoms with Crippen LogP contribution >= 0.6 is 12.2 Å². The van der Waals surface area contributed by atoms with Crippen LogP contribution in [0.4, 0.5) is 0 Å². The van der Waals surface area contributed by atoms with Gasteiger partial charge >= 0.3 is 0 Å². The molecule has 0 fully saturated rings. The van der Waals surface area contributed by atoms with E-state index in [0.29, 0.717) is 6.04 Å². The van der Waals surface area contributed by atoms with Gasteiger partial charge in [-0.15, -0.1) is 0 Å². The molecule has 4 heteroatoms. The second-order valence-electron chi connectivity index (χ2n) is 3.52. The van der Waals surface area contributed by atoms with Gasteiger partial charge in [-0.1, -0.05) is 27.2 Å². The molecule has 3 nitrogen and oxygen atoms in total. The van der Waals surface area contributed by atoms with Gasteiger partial charge in [0.15, 0.2) is 4.77 Å². The van der Waals surface area contributed by atoms with E-state index >= 15 is 0 Å². The third-order valence-electron chi connectivity index (χ3n) is 2.55. The van der Waals surface area contributed by atoms with Gasteiger partial charge in [-0.25, -0.2) is 0 Å². The third kappa shape index (κ3) is 2.23. The van der Waals surface area contributed by atoms with E-state index in [1.807, 2.05) is 0 Å². The highest BCUT2D eigenvalue weighted by molar-refractivity contribution is 7.71. The minimum atomic E-state index is 0.515. The van der Waals surface area contributed by atoms with Gasteiger partial charge in [-0.05, 0) is 25.1 Å². The zero-order valence-corrected chi connectivity index (χ0v) is 10.0. The van der Waals surface area contributed by atoms with Gasteiger partial charge < -0.3 is 4.57 Å². The van der Waals surface area contributed by atoms with Crippen LogP contribution in [0, 0.1) is 4.77 Å². The first-order valence-electron chi connectivity index (χ1n) is 5.40. The molecule has 14 heavy (non-hydrogen) atoms. The minimum Gasteiger partial charge on any atom is -0.301 e. The number of aryl methyl sites for hydroxylation is 1. The summed E-state index contributed by atoms with van der Waals surface area (Å²) >= 11 is 5.24. The molecule has 0 radical (unpaired) electrons. The number of nitrogens with zero attached hydrogens (tertiary/aromatic N) is 2. The molecule has 1 heterocycles. The number of hydrogen-bond acceptors (Lipinski definition) is 2. The van der Waals surface area contributed by atoms with Gasteiger partial charge in [0, 0.05) is 12.5 Å². The molecule has 0 aliphatic rings. The van der Waals surface area contributed by atoms with Crippen molar-refractivity contribution in [2.75, 3.05) is 0 Å². The van der Waals surface area contributed by atoms with Crippen molar-refractivity contribution in [1.82, 2.24) is 14.8 Å². The molecule has 1 N–H and O–H groups in total. The van der Waals surface area contributed by atoms with Crippen molar-refractivity contribution in [2.45, 2.75) is 52.5 Å². The van der Waals surface area contributed by atoms with Crippen molar-refractivity contribution < 1.29 is 0 Å². The second-order valence-corrected chi connectivity index (χ2v) is 3.91. The lowest BCUT2D eigenvalue weighted by Gasteiger charge is -2.17. The number of hydrogen-bond donors (Lipinski definition) is 1. The van der Waals surface area contributed by atoms with Gasteiger partial charge in [-0.3, -0.25) is 5.10 Å². The highest BCUT2D eigenvalue weighted by atomic mass is 32.1. The first kappa shape index (κ1) is 11.4. The molecule has 80 valence electrons. The normalized spacial score (nSPS) is 13.1. The molecule has 1 aromatic rings. The summed E-state index contributed by atoms with van der Waals surface area (Å²) in [5.41, 5.74) is 0. The van der Waals surface area contributed by atoms with E-state index in [9.17, 15) is 0 Å². The van der Waals surface area contributed by atoms with Crippen molar-refractivity contribution in [3.05, 3.63) is 10.6 Å². The molecule has 1 atom stereocenters. The highest BCUT2D eigenvalue weighted by Gasteiger charge is 2.12. The lowest BCUT2D eigenvalue weighted by atomic mass is 10.1. The fourth-order valence-corrected chi connectivity index (χ4v) is 2.11. The first-order valence-corrected chi connectivity index (χ1v) is 5.81. The van der Waals surface area contributed by atoms with Crippen LogP contribution < -0.4 is 0 Å². The Balaban J connectivity index is 3.00. The van der Waals surface area contributed by atoms with E-state index in [1.54, 1.807) is 0 Å². The number of aromatic amines is 1. The smallest absolute Gasteiger partial charge is 0.195 e. The molecule has 1 unspecified atom stereocenters. The lowest BCUT2D eigenvalue weighted by molar-refractivity contribution is 0.430. The van der Waals surface area contributed by atoms with Crippen LogP contribution in [0.25, 0.3) is 0 Å². The van der Waals surface area contributed by atoms with Crippen LogP contribution in [-0.2, 0) is 6.42 Å². The molecule has 0 saturated carbocycles. The van der Waals surface area contributed by atoms with E-state index in [0.717, 1.165) is 23.4 Å². The molecule has 0 bridgehead atoms. The summed E-state index contributed by atoms with van der Waals surface area (Å²) in [6, 6.07) is 0.515. The van der Waals surface area contributed by atoms with Crippen LogP contribution in [0.5, 0.6) is 0 Å². The van der Waals surface area contributed by atoms with Crippen LogP contribution in [0.2, 0.25) is 0 Å². The molecule has 0 amide bonds. The Morgan fingerprint density at radius 2 is 2.14 bits per heavy atom. The number of aromatic nitrogens is 3. The Hall–Kier alpha value is -0.640. The summed E-state index contributed by atoms with van der Waals surface area (Å²) in [6.45, 7) is 6.52. The van der Waals surface area contributed by atoms with Crippen LogP contribution in [0.1, 0.15) is 51.9 Å². The molecule has 0 saturated heterocycles. The predicted octanol–water partition coefficient (Wildman–Crippen LogP) is 3.25. The Kier molecular flexibility index (Phi) is 4.32. The maximum absolute atomic E-state index is 5.24. The van der Waals surface area contributed by atoms with Gasteiger partial charge in [0.25, 0.3) is 0 Å². The van der Waals surface area contributed by atoms with E-state index < -0.39 is 0 Å². The maximum atomic E-state index is 5.24. The average molecular weight is 213 g/mol. The largest absolute Gasteiger partial charge is 0.301 e. The van der Waals surface area contributed by atoms with E-state index in [2.05, 4.69) is 35.5 Å². The standard InChI is InChI=1S/C10H19N3S/c1-4-7-8(5-2)13-9(6-3)11-12-10(13)14/h8H,4-7H2,1-3H3,(H,12,14). The van der Waals surface area contributed by atoms with Crippen LogP contribution in [-0.4, -0.2) is 14.8 Å². The van der Waals surface area contributed by atoms with Crippen LogP contribution in [0.3, 0.4) is 0 Å². The topological polar surface area (TPSA) is 33.6 Å². The quantitative estimate of drug-likeness (QED) is 0.762. The Morgan fingerprint density at radius 3 is 2.64 bits per heavy atom. The summed E-state index contributed by atoms with van der Waals surface area (Å²) in [4.78, 5) is 0. The molecule has 1 rings (SSSR count). The monoisotopic (exact) mass is 213 g/mol. The van der Waals surface area contributed by atoms with E-state index in [-0.39, 0.29) is 0 Å². The Labute approximate surface area is 90.5 Å². The van der Waals surface area contributed by atoms with E-state index in [1.165, 1.54) is 12.8 Å². The van der Waals surface area contributed by atoms with Gasteiger partial charge in [-0.2, -0.15) is 5.10 Å². The van der Waals surface area contributed by atoms with Gasteiger partial charge in [0.1, 0.15) is 5.82 Å². The highest BCUT2D eigenvalue weighted by Crippen LogP contribution is 2.19. The zero-order chi connectivity index (χ0) is 10.6. The molecule has 0 aromatic carbocycles. The second kappa shape index (κ2) is 5.29. The lowest BCUT2D eigenvalue weighted by Crippen LogP contribution is -2.11. The van der Waals surface area contributed by atoms with Crippen molar-refractivity contribution in [3.63, 3.8) is 0 Å². The Bertz CT molecular complexity index is 326. The summed E-state index contributed by atoms with van der Waals surface area (Å²) in [5.74, 6) is 1.08. The molecule has 1 aromatic heterocycles. The Morgan fingerprint density at radius 1 is 1.43 bits per heavy atom. The molecule has 0 aliphatic carbocycles. The van der Waals surface area contributed by atoms with Crippen molar-refractivity contribution in [2.24, 2.45) is 0 Å². The minimum absolute atomic E-state index is 0.515. The summed E-state index contributed by atoms with van der Waals surface area (Å²) < 4.78 is 2.95. The molecular weight excluding hydrogens is 194 g/mol. The van der Waals surface area contributed by atoms with Gasteiger partial charge in [0.05, 0.1) is 0 Å². The average Bonchev–Trinajstić information content (AvgIpc) is 2.56. The number of rotatable bonds is 5. The van der Waals surface area contributed by atoms with Crippen LogP contribution in [0.15, 0.2) is 0 Å². The summed E-state index contributed by atoms with van der Waals surface area (Å²) in [5, 5.41) is 7.11.